The van der Waals surface area contributed by atoms with Gasteiger partial charge in [0.15, 0.2) is 11.0 Å². The molecular weight excluding hydrogens is 417 g/mol. The highest BCUT2D eigenvalue weighted by molar-refractivity contribution is 7.99. The van der Waals surface area contributed by atoms with Crippen LogP contribution in [0, 0.1) is 12.7 Å². The smallest absolute Gasteiger partial charge is 0.254 e. The molecule has 1 unspecified atom stereocenters. The van der Waals surface area contributed by atoms with Gasteiger partial charge in [-0.2, -0.15) is 0 Å². The van der Waals surface area contributed by atoms with E-state index in [4.69, 9.17) is 0 Å². The van der Waals surface area contributed by atoms with Gasteiger partial charge >= 0.3 is 0 Å². The number of rotatable bonds is 8. The Bertz CT molecular complexity index is 1090. The molecule has 0 saturated heterocycles. The summed E-state index contributed by atoms with van der Waals surface area (Å²) in [4.78, 5) is 24.7. The second-order valence-electron chi connectivity index (χ2n) is 6.91. The highest BCUT2D eigenvalue weighted by atomic mass is 32.2. The largest absolute Gasteiger partial charge is 0.342 e. The van der Waals surface area contributed by atoms with E-state index in [1.54, 1.807) is 13.0 Å². The fourth-order valence-corrected chi connectivity index (χ4v) is 3.85. The lowest BCUT2D eigenvalue weighted by Gasteiger charge is -2.15. The van der Waals surface area contributed by atoms with Crippen molar-refractivity contribution >= 4 is 29.3 Å². The van der Waals surface area contributed by atoms with Gasteiger partial charge in [0.05, 0.1) is 17.4 Å². The van der Waals surface area contributed by atoms with E-state index in [1.807, 2.05) is 42.7 Å². The molecule has 0 radical (unpaired) electrons. The Labute approximate surface area is 184 Å². The molecule has 1 heterocycles. The van der Waals surface area contributed by atoms with E-state index in [0.29, 0.717) is 17.5 Å². The lowest BCUT2D eigenvalue weighted by molar-refractivity contribution is -0.113. The molecule has 31 heavy (non-hydrogen) atoms. The SMILES string of the molecule is CCn1c(SCC(=O)Nc2ccccc2C)nnc1C(C)NC(=O)c1ccccc1F. The average Bonchev–Trinajstić information content (AvgIpc) is 3.17. The van der Waals surface area contributed by atoms with Crippen LogP contribution in [0.4, 0.5) is 10.1 Å². The Morgan fingerprint density at radius 2 is 1.84 bits per heavy atom. The van der Waals surface area contributed by atoms with Crippen LogP contribution in [0.1, 0.15) is 41.6 Å². The third-order valence-electron chi connectivity index (χ3n) is 4.67. The number of benzene rings is 2. The number of carbonyl (C=O) groups is 2. The van der Waals surface area contributed by atoms with Crippen molar-refractivity contribution in [1.29, 1.82) is 0 Å². The zero-order chi connectivity index (χ0) is 22.4. The zero-order valence-corrected chi connectivity index (χ0v) is 18.4. The number of hydrogen-bond donors (Lipinski definition) is 2. The summed E-state index contributed by atoms with van der Waals surface area (Å²) < 4.78 is 15.7. The number of carbonyl (C=O) groups excluding carboxylic acids is 2. The highest BCUT2D eigenvalue weighted by Crippen LogP contribution is 2.22. The third kappa shape index (κ3) is 5.49. The first-order valence-electron chi connectivity index (χ1n) is 9.87. The molecule has 1 aromatic heterocycles. The summed E-state index contributed by atoms with van der Waals surface area (Å²) in [5.74, 6) is -0.549. The Hall–Kier alpha value is -3.20. The predicted octanol–water partition coefficient (Wildman–Crippen LogP) is 3.97. The second kappa shape index (κ2) is 10.2. The molecule has 3 aromatic rings. The van der Waals surface area contributed by atoms with Crippen LogP contribution in [-0.4, -0.2) is 32.3 Å². The molecule has 2 N–H and O–H groups in total. The molecule has 0 saturated carbocycles. The molecule has 0 spiro atoms. The Kier molecular flexibility index (Phi) is 7.41. The summed E-state index contributed by atoms with van der Waals surface area (Å²) in [6, 6.07) is 12.9. The third-order valence-corrected chi connectivity index (χ3v) is 5.63. The van der Waals surface area contributed by atoms with Gasteiger partial charge in [0.2, 0.25) is 5.91 Å². The summed E-state index contributed by atoms with van der Waals surface area (Å²) >= 11 is 1.27. The number of para-hydroxylation sites is 1. The topological polar surface area (TPSA) is 88.9 Å². The molecule has 0 aliphatic heterocycles. The molecule has 3 rings (SSSR count). The van der Waals surface area contributed by atoms with Crippen LogP contribution in [0.25, 0.3) is 0 Å². The van der Waals surface area contributed by atoms with Crippen molar-refractivity contribution in [3.63, 3.8) is 0 Å². The molecule has 0 aliphatic rings. The molecule has 0 bridgehead atoms. The monoisotopic (exact) mass is 441 g/mol. The summed E-state index contributed by atoms with van der Waals surface area (Å²) in [6.07, 6.45) is 0. The minimum atomic E-state index is -0.583. The number of thioether (sulfide) groups is 1. The van der Waals surface area contributed by atoms with E-state index in [1.165, 1.54) is 30.0 Å². The predicted molar refractivity (Wildman–Crippen MR) is 119 cm³/mol. The van der Waals surface area contributed by atoms with Crippen molar-refractivity contribution in [2.75, 3.05) is 11.1 Å². The minimum absolute atomic E-state index is 0.0283. The van der Waals surface area contributed by atoms with Crippen LogP contribution in [-0.2, 0) is 11.3 Å². The molecule has 0 aliphatic carbocycles. The maximum Gasteiger partial charge on any atom is 0.254 e. The maximum absolute atomic E-state index is 13.9. The Balaban J connectivity index is 1.64. The zero-order valence-electron chi connectivity index (χ0n) is 17.6. The van der Waals surface area contributed by atoms with Crippen LogP contribution in [0.15, 0.2) is 53.7 Å². The van der Waals surface area contributed by atoms with Crippen LogP contribution < -0.4 is 10.6 Å². The average molecular weight is 442 g/mol. The molecule has 2 amide bonds. The van der Waals surface area contributed by atoms with E-state index in [2.05, 4.69) is 20.8 Å². The maximum atomic E-state index is 13.9. The standard InChI is InChI=1S/C22H24FN5O2S/c1-4-28-20(15(3)24-21(30)16-10-6-7-11-17(16)23)26-27-22(28)31-13-19(29)25-18-12-8-5-9-14(18)2/h5-12,15H,4,13H2,1-3H3,(H,24,30)(H,25,29). The quantitative estimate of drug-likeness (QED) is 0.517. The van der Waals surface area contributed by atoms with Crippen LogP contribution in [0.2, 0.25) is 0 Å². The number of anilines is 1. The number of halogens is 1. The van der Waals surface area contributed by atoms with Gasteiger partial charge in [-0.3, -0.25) is 9.59 Å². The number of nitrogens with one attached hydrogen (secondary N) is 2. The minimum Gasteiger partial charge on any atom is -0.342 e. The van der Waals surface area contributed by atoms with E-state index >= 15 is 0 Å². The first-order chi connectivity index (χ1) is 14.9. The highest BCUT2D eigenvalue weighted by Gasteiger charge is 2.21. The number of aryl methyl sites for hydroxylation is 1. The molecule has 9 heteroatoms. The summed E-state index contributed by atoms with van der Waals surface area (Å²) in [5, 5.41) is 14.6. The van der Waals surface area contributed by atoms with Gasteiger partial charge in [-0.25, -0.2) is 4.39 Å². The second-order valence-corrected chi connectivity index (χ2v) is 7.85. The van der Waals surface area contributed by atoms with Crippen molar-refractivity contribution < 1.29 is 14.0 Å². The Morgan fingerprint density at radius 3 is 2.55 bits per heavy atom. The number of nitrogens with zero attached hydrogens (tertiary/aromatic N) is 3. The molecule has 1 atom stereocenters. The van der Waals surface area contributed by atoms with Gasteiger partial charge < -0.3 is 15.2 Å². The lowest BCUT2D eigenvalue weighted by atomic mass is 10.2. The number of hydrogen-bond acceptors (Lipinski definition) is 5. The van der Waals surface area contributed by atoms with Crippen molar-refractivity contribution in [3.8, 4) is 0 Å². The molecule has 162 valence electrons. The van der Waals surface area contributed by atoms with Crippen LogP contribution >= 0.6 is 11.8 Å². The van der Waals surface area contributed by atoms with E-state index in [0.717, 1.165) is 11.3 Å². The fourth-order valence-electron chi connectivity index (χ4n) is 3.04. The number of aromatic nitrogens is 3. The number of amides is 2. The van der Waals surface area contributed by atoms with Gasteiger partial charge in [0.25, 0.3) is 5.91 Å². The molecular formula is C22H24FN5O2S. The first-order valence-corrected chi connectivity index (χ1v) is 10.9. The Morgan fingerprint density at radius 1 is 1.13 bits per heavy atom. The van der Waals surface area contributed by atoms with Crippen molar-refractivity contribution in [3.05, 3.63) is 71.3 Å². The van der Waals surface area contributed by atoms with Gasteiger partial charge in [-0.05, 0) is 44.5 Å². The first kappa shape index (κ1) is 22.5. The van der Waals surface area contributed by atoms with Gasteiger partial charge in [-0.1, -0.05) is 42.1 Å². The summed E-state index contributed by atoms with van der Waals surface area (Å²) in [5.41, 5.74) is 1.73. The fraction of sp³-hybridized carbons (Fsp3) is 0.273. The van der Waals surface area contributed by atoms with E-state index in [9.17, 15) is 14.0 Å². The summed E-state index contributed by atoms with van der Waals surface area (Å²) in [7, 11) is 0. The summed E-state index contributed by atoms with van der Waals surface area (Å²) in [6.45, 7) is 6.17. The molecule has 7 nitrogen and oxygen atoms in total. The van der Waals surface area contributed by atoms with Gasteiger partial charge in [0, 0.05) is 12.2 Å². The van der Waals surface area contributed by atoms with Crippen LogP contribution in [0.3, 0.4) is 0 Å². The molecule has 2 aromatic carbocycles. The van der Waals surface area contributed by atoms with Gasteiger partial charge in [-0.15, -0.1) is 10.2 Å². The van der Waals surface area contributed by atoms with Crippen LogP contribution in [0.5, 0.6) is 0 Å². The lowest BCUT2D eigenvalue weighted by Crippen LogP contribution is -2.29. The van der Waals surface area contributed by atoms with E-state index < -0.39 is 17.8 Å². The molecule has 0 fully saturated rings. The van der Waals surface area contributed by atoms with Crippen molar-refractivity contribution in [2.45, 2.75) is 38.5 Å². The van der Waals surface area contributed by atoms with Crippen molar-refractivity contribution in [2.24, 2.45) is 0 Å². The van der Waals surface area contributed by atoms with E-state index in [-0.39, 0.29) is 17.2 Å². The van der Waals surface area contributed by atoms with Crippen molar-refractivity contribution in [1.82, 2.24) is 20.1 Å². The van der Waals surface area contributed by atoms with Gasteiger partial charge in [0.1, 0.15) is 5.82 Å². The normalized spacial score (nSPS) is 11.7.